The second kappa shape index (κ2) is 7.26. The Morgan fingerprint density at radius 1 is 1.14 bits per heavy atom. The Morgan fingerprint density at radius 2 is 1.90 bits per heavy atom. The minimum Gasteiger partial charge on any atom is -0.418 e. The topological polar surface area (TPSA) is 72.1 Å². The molecular weight excluding hydrogens is 392 g/mol. The van der Waals surface area contributed by atoms with Gasteiger partial charge in [0.1, 0.15) is 11.9 Å². The molecule has 0 saturated carbocycles. The van der Waals surface area contributed by atoms with E-state index in [0.717, 1.165) is 0 Å². The summed E-state index contributed by atoms with van der Waals surface area (Å²) < 4.78 is 59.2. The minimum atomic E-state index is -4.78. The van der Waals surface area contributed by atoms with Crippen LogP contribution in [0.25, 0.3) is 11.5 Å². The molecule has 1 saturated heterocycles. The number of alkyl halides is 3. The molecule has 0 aliphatic carbocycles. The molecule has 2 aromatic heterocycles. The summed E-state index contributed by atoms with van der Waals surface area (Å²) in [6.45, 7) is 0.199. The molecule has 10 heteroatoms. The van der Waals surface area contributed by atoms with E-state index in [0.29, 0.717) is 36.6 Å². The Bertz CT molecular complexity index is 1040. The molecule has 6 nitrogen and oxygen atoms in total. The van der Waals surface area contributed by atoms with Crippen molar-refractivity contribution < 1.29 is 26.8 Å². The summed E-state index contributed by atoms with van der Waals surface area (Å²) in [5, 5.41) is 7.91. The predicted octanol–water partition coefficient (Wildman–Crippen LogP) is 4.27. The first-order valence-corrected chi connectivity index (χ1v) is 8.76. The Kier molecular flexibility index (Phi) is 4.77. The van der Waals surface area contributed by atoms with E-state index in [1.54, 1.807) is 24.5 Å². The van der Waals surface area contributed by atoms with Crippen molar-refractivity contribution in [2.75, 3.05) is 6.54 Å². The van der Waals surface area contributed by atoms with Gasteiger partial charge in [0.15, 0.2) is 0 Å². The second-order valence-corrected chi connectivity index (χ2v) is 6.53. The summed E-state index contributed by atoms with van der Waals surface area (Å²) in [7, 11) is 0. The van der Waals surface area contributed by atoms with Gasteiger partial charge in [-0.1, -0.05) is 0 Å². The lowest BCUT2D eigenvalue weighted by Crippen LogP contribution is -2.32. The fourth-order valence-electron chi connectivity index (χ4n) is 3.34. The first kappa shape index (κ1) is 19.0. The largest absolute Gasteiger partial charge is 0.418 e. The van der Waals surface area contributed by atoms with Gasteiger partial charge in [-0.05, 0) is 43.2 Å². The average Bonchev–Trinajstić information content (AvgIpc) is 3.36. The molecule has 3 heterocycles. The summed E-state index contributed by atoms with van der Waals surface area (Å²) in [6.07, 6.45) is -0.701. The molecule has 1 amide bonds. The van der Waals surface area contributed by atoms with Crippen molar-refractivity contribution in [3.8, 4) is 11.5 Å². The maximum atomic E-state index is 13.6. The van der Waals surface area contributed by atoms with Gasteiger partial charge in [0, 0.05) is 24.5 Å². The number of pyridine rings is 1. The number of nitrogens with zero attached hydrogens (tertiary/aromatic N) is 4. The van der Waals surface area contributed by atoms with Crippen LogP contribution in [0.15, 0.2) is 47.1 Å². The summed E-state index contributed by atoms with van der Waals surface area (Å²) in [6, 6.07) is 4.50. The van der Waals surface area contributed by atoms with Crippen LogP contribution in [0.1, 0.15) is 40.7 Å². The molecule has 4 rings (SSSR count). The third-order valence-electron chi connectivity index (χ3n) is 4.68. The maximum Gasteiger partial charge on any atom is 0.417 e. The second-order valence-electron chi connectivity index (χ2n) is 6.53. The van der Waals surface area contributed by atoms with Crippen molar-refractivity contribution in [2.24, 2.45) is 0 Å². The van der Waals surface area contributed by atoms with Gasteiger partial charge in [-0.2, -0.15) is 13.2 Å². The fraction of sp³-hybridized carbons (Fsp3) is 0.263. The van der Waals surface area contributed by atoms with Crippen molar-refractivity contribution in [1.82, 2.24) is 20.1 Å². The highest BCUT2D eigenvalue weighted by Crippen LogP contribution is 2.37. The van der Waals surface area contributed by atoms with E-state index in [9.17, 15) is 22.4 Å². The monoisotopic (exact) mass is 406 g/mol. The number of rotatable bonds is 3. The van der Waals surface area contributed by atoms with Crippen LogP contribution in [0.5, 0.6) is 0 Å². The molecule has 0 bridgehead atoms. The van der Waals surface area contributed by atoms with Crippen LogP contribution in [0, 0.1) is 5.82 Å². The van der Waals surface area contributed by atoms with E-state index >= 15 is 0 Å². The first-order valence-electron chi connectivity index (χ1n) is 8.76. The summed E-state index contributed by atoms with van der Waals surface area (Å²) in [5.74, 6) is -1.52. The summed E-state index contributed by atoms with van der Waals surface area (Å²) in [5.41, 5.74) is -1.30. The van der Waals surface area contributed by atoms with Crippen molar-refractivity contribution in [3.63, 3.8) is 0 Å². The van der Waals surface area contributed by atoms with E-state index in [-0.39, 0.29) is 18.3 Å². The molecule has 1 aliphatic rings. The highest BCUT2D eigenvalue weighted by molar-refractivity contribution is 5.96. The number of hydrogen-bond acceptors (Lipinski definition) is 5. The quantitative estimate of drug-likeness (QED) is 0.608. The Labute approximate surface area is 162 Å². The smallest absolute Gasteiger partial charge is 0.417 e. The van der Waals surface area contributed by atoms with Gasteiger partial charge >= 0.3 is 6.18 Å². The average molecular weight is 406 g/mol. The SMILES string of the molecule is O=C(c1cc(F)ccc1C(F)(F)F)N1CCCC1c1nnc(-c2ccncc2)o1. The van der Waals surface area contributed by atoms with Crippen LogP contribution in [0.4, 0.5) is 17.6 Å². The lowest BCUT2D eigenvalue weighted by molar-refractivity contribution is -0.138. The summed E-state index contributed by atoms with van der Waals surface area (Å²) in [4.78, 5) is 18.0. The molecule has 0 N–H and O–H groups in total. The van der Waals surface area contributed by atoms with Crippen LogP contribution < -0.4 is 0 Å². The van der Waals surface area contributed by atoms with E-state index in [1.807, 2.05) is 0 Å². The summed E-state index contributed by atoms with van der Waals surface area (Å²) >= 11 is 0. The Hall–Kier alpha value is -3.30. The molecule has 1 atom stereocenters. The molecular formula is C19H14F4N4O2. The zero-order valence-corrected chi connectivity index (χ0v) is 14.9. The number of aromatic nitrogens is 3. The number of carbonyl (C=O) groups excluding carboxylic acids is 1. The minimum absolute atomic E-state index is 0.118. The molecule has 3 aromatic rings. The number of carbonyl (C=O) groups is 1. The lowest BCUT2D eigenvalue weighted by Gasteiger charge is -2.23. The highest BCUT2D eigenvalue weighted by Gasteiger charge is 2.40. The number of benzene rings is 1. The van der Waals surface area contributed by atoms with E-state index in [4.69, 9.17) is 4.42 Å². The molecule has 150 valence electrons. The molecule has 1 aromatic carbocycles. The Balaban J connectivity index is 1.66. The van der Waals surface area contributed by atoms with Gasteiger partial charge in [-0.3, -0.25) is 9.78 Å². The van der Waals surface area contributed by atoms with Gasteiger partial charge in [-0.15, -0.1) is 10.2 Å². The zero-order valence-electron chi connectivity index (χ0n) is 14.9. The number of amides is 1. The molecule has 1 aliphatic heterocycles. The van der Waals surface area contributed by atoms with Crippen LogP contribution in [0.2, 0.25) is 0 Å². The van der Waals surface area contributed by atoms with Gasteiger partial charge in [0.05, 0.1) is 11.1 Å². The normalized spacial score (nSPS) is 17.0. The van der Waals surface area contributed by atoms with Gasteiger partial charge in [0.2, 0.25) is 11.8 Å². The third-order valence-corrected chi connectivity index (χ3v) is 4.68. The first-order chi connectivity index (χ1) is 13.8. The van der Waals surface area contributed by atoms with Crippen LogP contribution in [-0.4, -0.2) is 32.5 Å². The van der Waals surface area contributed by atoms with Crippen molar-refractivity contribution in [2.45, 2.75) is 25.1 Å². The van der Waals surface area contributed by atoms with Gasteiger partial charge in [0.25, 0.3) is 5.91 Å². The molecule has 0 spiro atoms. The van der Waals surface area contributed by atoms with Crippen molar-refractivity contribution in [3.05, 3.63) is 65.6 Å². The number of hydrogen-bond donors (Lipinski definition) is 0. The molecule has 1 unspecified atom stereocenters. The zero-order chi connectivity index (χ0) is 20.6. The maximum absolute atomic E-state index is 13.6. The predicted molar refractivity (Wildman–Crippen MR) is 91.9 cm³/mol. The lowest BCUT2D eigenvalue weighted by atomic mass is 10.0. The van der Waals surface area contributed by atoms with E-state index < -0.39 is 35.1 Å². The van der Waals surface area contributed by atoms with Crippen molar-refractivity contribution >= 4 is 5.91 Å². The van der Waals surface area contributed by atoms with E-state index in [2.05, 4.69) is 15.2 Å². The molecule has 29 heavy (non-hydrogen) atoms. The standard InChI is InChI=1S/C19H14F4N4O2/c20-12-3-4-14(19(21,22)23)13(10-12)18(28)27-9-1-2-15(27)17-26-25-16(29-17)11-5-7-24-8-6-11/h3-8,10,15H,1-2,9H2. The van der Waals surface area contributed by atoms with E-state index in [1.165, 1.54) is 4.90 Å². The molecule has 1 fully saturated rings. The van der Waals surface area contributed by atoms with Crippen LogP contribution in [-0.2, 0) is 6.18 Å². The van der Waals surface area contributed by atoms with Crippen LogP contribution in [0.3, 0.4) is 0 Å². The van der Waals surface area contributed by atoms with Crippen molar-refractivity contribution in [1.29, 1.82) is 0 Å². The third kappa shape index (κ3) is 3.69. The van der Waals surface area contributed by atoms with Crippen LogP contribution >= 0.6 is 0 Å². The Morgan fingerprint density at radius 3 is 2.62 bits per heavy atom. The highest BCUT2D eigenvalue weighted by atomic mass is 19.4. The number of halogens is 4. The number of likely N-dealkylation sites (tertiary alicyclic amines) is 1. The van der Waals surface area contributed by atoms with Gasteiger partial charge in [-0.25, -0.2) is 4.39 Å². The van der Waals surface area contributed by atoms with Gasteiger partial charge < -0.3 is 9.32 Å². The fourth-order valence-corrected chi connectivity index (χ4v) is 3.34. The molecule has 0 radical (unpaired) electrons.